The Balaban J connectivity index is 2.71. The lowest BCUT2D eigenvalue weighted by Gasteiger charge is -2.29. The minimum Gasteiger partial charge on any atom is -0.302 e. The SMILES string of the molecule is [B]C1C=CC(C=C)C(OP(=O)(O)OC)C1. The summed E-state index contributed by atoms with van der Waals surface area (Å²) in [5.74, 6) is -0.275. The van der Waals surface area contributed by atoms with Crippen LogP contribution in [0.4, 0.5) is 0 Å². The van der Waals surface area contributed by atoms with Crippen molar-refractivity contribution in [3.63, 3.8) is 0 Å². The van der Waals surface area contributed by atoms with Crippen LogP contribution in [0.15, 0.2) is 24.8 Å². The van der Waals surface area contributed by atoms with Gasteiger partial charge in [-0.1, -0.05) is 24.0 Å². The third-order valence-corrected chi connectivity index (χ3v) is 3.28. The van der Waals surface area contributed by atoms with Crippen molar-refractivity contribution in [2.45, 2.75) is 18.3 Å². The standard InChI is InChI=1S/C9H14BO4P/c1-3-7-4-5-8(10)6-9(7)14-15(11,12)13-2/h3-5,7-9H,1,6H2,2H3,(H,11,12). The van der Waals surface area contributed by atoms with Crippen LogP contribution in [0.3, 0.4) is 0 Å². The van der Waals surface area contributed by atoms with E-state index in [9.17, 15) is 9.46 Å². The van der Waals surface area contributed by atoms with Crippen molar-refractivity contribution in [3.05, 3.63) is 24.8 Å². The van der Waals surface area contributed by atoms with Crippen molar-refractivity contribution in [1.29, 1.82) is 0 Å². The van der Waals surface area contributed by atoms with Gasteiger partial charge in [0.2, 0.25) is 0 Å². The summed E-state index contributed by atoms with van der Waals surface area (Å²) in [5, 5.41) is 0. The van der Waals surface area contributed by atoms with E-state index in [2.05, 4.69) is 11.1 Å². The molecule has 0 amide bonds. The van der Waals surface area contributed by atoms with Crippen LogP contribution in [0.25, 0.3) is 0 Å². The molecule has 0 bridgehead atoms. The Morgan fingerprint density at radius 2 is 2.33 bits per heavy atom. The maximum Gasteiger partial charge on any atom is 0.472 e. The second-order valence-electron chi connectivity index (χ2n) is 3.39. The second-order valence-corrected chi connectivity index (χ2v) is 4.91. The van der Waals surface area contributed by atoms with Crippen molar-refractivity contribution in [1.82, 2.24) is 0 Å². The summed E-state index contributed by atoms with van der Waals surface area (Å²) in [6.45, 7) is 3.63. The van der Waals surface area contributed by atoms with Gasteiger partial charge in [0, 0.05) is 13.0 Å². The Bertz CT molecular complexity index is 304. The normalized spacial score (nSPS) is 34.7. The maximum absolute atomic E-state index is 11.2. The minimum atomic E-state index is -3.96. The molecule has 0 spiro atoms. The fraction of sp³-hybridized carbons (Fsp3) is 0.556. The van der Waals surface area contributed by atoms with Crippen LogP contribution >= 0.6 is 7.82 Å². The molecule has 4 unspecified atom stereocenters. The molecule has 0 aromatic heterocycles. The summed E-state index contributed by atoms with van der Waals surface area (Å²) in [6.07, 6.45) is 5.32. The highest BCUT2D eigenvalue weighted by molar-refractivity contribution is 7.47. The summed E-state index contributed by atoms with van der Waals surface area (Å²) >= 11 is 0. The summed E-state index contributed by atoms with van der Waals surface area (Å²) in [7, 11) is 2.86. The van der Waals surface area contributed by atoms with Gasteiger partial charge in [-0.2, -0.15) is 0 Å². The minimum absolute atomic E-state index is 0.111. The number of phosphoric ester groups is 1. The summed E-state index contributed by atoms with van der Waals surface area (Å²) in [6, 6.07) is 0. The summed E-state index contributed by atoms with van der Waals surface area (Å²) in [5.41, 5.74) is 0. The van der Waals surface area contributed by atoms with Crippen molar-refractivity contribution < 1.29 is 18.5 Å². The molecule has 15 heavy (non-hydrogen) atoms. The van der Waals surface area contributed by atoms with Crippen molar-refractivity contribution in [2.24, 2.45) is 5.92 Å². The molecule has 0 fully saturated rings. The quantitative estimate of drug-likeness (QED) is 0.453. The average Bonchev–Trinajstić information content (AvgIpc) is 2.18. The van der Waals surface area contributed by atoms with Crippen molar-refractivity contribution in [3.8, 4) is 0 Å². The molecule has 1 rings (SSSR count). The Morgan fingerprint density at radius 3 is 2.87 bits per heavy atom. The molecule has 0 saturated carbocycles. The first kappa shape index (κ1) is 12.7. The van der Waals surface area contributed by atoms with Gasteiger partial charge in [0.1, 0.15) is 0 Å². The highest BCUT2D eigenvalue weighted by Gasteiger charge is 2.31. The fourth-order valence-electron chi connectivity index (χ4n) is 1.46. The van der Waals surface area contributed by atoms with Gasteiger partial charge in [-0.15, -0.1) is 6.58 Å². The van der Waals surface area contributed by atoms with Gasteiger partial charge in [-0.25, -0.2) is 4.57 Å². The smallest absolute Gasteiger partial charge is 0.302 e. The first-order chi connectivity index (χ1) is 6.98. The topological polar surface area (TPSA) is 55.8 Å². The molecule has 1 aliphatic carbocycles. The molecule has 0 aromatic rings. The molecule has 0 heterocycles. The molecule has 1 aliphatic rings. The third-order valence-electron chi connectivity index (χ3n) is 2.29. The van der Waals surface area contributed by atoms with Crippen LogP contribution in [0, 0.1) is 5.92 Å². The Kier molecular flexibility index (Phi) is 4.35. The van der Waals surface area contributed by atoms with E-state index in [4.69, 9.17) is 12.4 Å². The number of allylic oxidation sites excluding steroid dienone is 1. The molecular formula is C9H14BO4P. The van der Waals surface area contributed by atoms with Crippen molar-refractivity contribution in [2.75, 3.05) is 7.11 Å². The van der Waals surface area contributed by atoms with Gasteiger partial charge < -0.3 is 4.89 Å². The lowest BCUT2D eigenvalue weighted by Crippen LogP contribution is -2.25. The van der Waals surface area contributed by atoms with Crippen LogP contribution in [-0.4, -0.2) is 26.0 Å². The van der Waals surface area contributed by atoms with Gasteiger partial charge >= 0.3 is 7.82 Å². The molecule has 1 N–H and O–H groups in total. The largest absolute Gasteiger partial charge is 0.472 e. The van der Waals surface area contributed by atoms with Crippen LogP contribution in [-0.2, 0) is 13.6 Å². The van der Waals surface area contributed by atoms with Gasteiger partial charge in [0.15, 0.2) is 0 Å². The molecular weight excluding hydrogens is 214 g/mol. The van der Waals surface area contributed by atoms with E-state index in [1.54, 1.807) is 6.08 Å². The Labute approximate surface area is 91.0 Å². The number of phosphoric acid groups is 1. The number of hydrogen-bond donors (Lipinski definition) is 1. The predicted molar refractivity (Wildman–Crippen MR) is 58.7 cm³/mol. The first-order valence-corrected chi connectivity index (χ1v) is 6.11. The summed E-state index contributed by atoms with van der Waals surface area (Å²) in [4.78, 5) is 9.19. The molecule has 0 aromatic carbocycles. The van der Waals surface area contributed by atoms with E-state index in [-0.39, 0.29) is 11.7 Å². The molecule has 6 heteroatoms. The van der Waals surface area contributed by atoms with Crippen LogP contribution in [0.2, 0.25) is 5.82 Å². The predicted octanol–water partition coefficient (Wildman–Crippen LogP) is 1.84. The van der Waals surface area contributed by atoms with Crippen LogP contribution < -0.4 is 0 Å². The highest BCUT2D eigenvalue weighted by Crippen LogP contribution is 2.47. The van der Waals surface area contributed by atoms with Gasteiger partial charge in [-0.3, -0.25) is 9.05 Å². The average molecular weight is 228 g/mol. The van der Waals surface area contributed by atoms with E-state index in [0.29, 0.717) is 6.42 Å². The zero-order valence-electron chi connectivity index (χ0n) is 8.57. The van der Waals surface area contributed by atoms with Crippen molar-refractivity contribution >= 4 is 15.7 Å². The van der Waals surface area contributed by atoms with E-state index < -0.39 is 13.9 Å². The molecule has 0 saturated heterocycles. The summed E-state index contributed by atoms with van der Waals surface area (Å²) < 4.78 is 20.6. The Hall–Kier alpha value is -0.345. The van der Waals surface area contributed by atoms with Gasteiger partial charge in [0.05, 0.1) is 14.0 Å². The molecule has 2 radical (unpaired) electrons. The zero-order valence-corrected chi connectivity index (χ0v) is 9.47. The molecule has 82 valence electrons. The first-order valence-electron chi connectivity index (χ1n) is 4.62. The number of hydrogen-bond acceptors (Lipinski definition) is 3. The highest BCUT2D eigenvalue weighted by atomic mass is 31.2. The van der Waals surface area contributed by atoms with Gasteiger partial charge in [-0.05, 0) is 6.42 Å². The van der Waals surface area contributed by atoms with E-state index in [1.165, 1.54) is 0 Å². The fourth-order valence-corrected chi connectivity index (χ4v) is 2.11. The van der Waals surface area contributed by atoms with E-state index >= 15 is 0 Å². The lowest BCUT2D eigenvalue weighted by molar-refractivity contribution is 0.0956. The molecule has 0 aliphatic heterocycles. The monoisotopic (exact) mass is 228 g/mol. The Morgan fingerprint density at radius 1 is 1.67 bits per heavy atom. The molecule has 4 nitrogen and oxygen atoms in total. The third kappa shape index (κ3) is 3.61. The lowest BCUT2D eigenvalue weighted by atomic mass is 9.75. The zero-order chi connectivity index (χ0) is 11.5. The van der Waals surface area contributed by atoms with Crippen LogP contribution in [0.1, 0.15) is 6.42 Å². The van der Waals surface area contributed by atoms with E-state index in [1.807, 2.05) is 12.2 Å². The van der Waals surface area contributed by atoms with Crippen LogP contribution in [0.5, 0.6) is 0 Å². The van der Waals surface area contributed by atoms with E-state index in [0.717, 1.165) is 7.11 Å². The second kappa shape index (κ2) is 5.13. The molecule has 4 atom stereocenters. The maximum atomic E-state index is 11.2. The number of rotatable bonds is 4. The van der Waals surface area contributed by atoms with Gasteiger partial charge in [0.25, 0.3) is 0 Å².